The van der Waals surface area contributed by atoms with Gasteiger partial charge in [-0.3, -0.25) is 4.68 Å². The van der Waals surface area contributed by atoms with Gasteiger partial charge in [-0.25, -0.2) is 0 Å². The van der Waals surface area contributed by atoms with E-state index in [0.717, 1.165) is 18.9 Å². The maximum atomic E-state index is 4.54. The second-order valence-corrected chi connectivity index (χ2v) is 6.90. The lowest BCUT2D eigenvalue weighted by Crippen LogP contribution is -2.56. The molecule has 1 aliphatic carbocycles. The summed E-state index contributed by atoms with van der Waals surface area (Å²) in [6.45, 7) is 5.61. The highest BCUT2D eigenvalue weighted by molar-refractivity contribution is 5.16. The SMILES string of the molecule is CCCn1nccc1C(NC)C1(N(C)C)CCCC(C)C1. The van der Waals surface area contributed by atoms with Gasteiger partial charge in [0.1, 0.15) is 0 Å². The van der Waals surface area contributed by atoms with E-state index in [9.17, 15) is 0 Å². The van der Waals surface area contributed by atoms with Gasteiger partial charge in [0.25, 0.3) is 0 Å². The van der Waals surface area contributed by atoms with Gasteiger partial charge < -0.3 is 10.2 Å². The Hall–Kier alpha value is -0.870. The second kappa shape index (κ2) is 6.93. The van der Waals surface area contributed by atoms with Crippen LogP contribution < -0.4 is 5.32 Å². The van der Waals surface area contributed by atoms with Gasteiger partial charge in [0.15, 0.2) is 0 Å². The van der Waals surface area contributed by atoms with Crippen LogP contribution in [-0.4, -0.2) is 41.4 Å². The summed E-state index contributed by atoms with van der Waals surface area (Å²) >= 11 is 0. The molecule has 0 spiro atoms. The third-order valence-electron chi connectivity index (χ3n) is 5.21. The van der Waals surface area contributed by atoms with Crippen LogP contribution in [0.1, 0.15) is 57.7 Å². The quantitative estimate of drug-likeness (QED) is 0.875. The Kier molecular flexibility index (Phi) is 5.44. The lowest BCUT2D eigenvalue weighted by molar-refractivity contribution is 0.0363. The van der Waals surface area contributed by atoms with Gasteiger partial charge in [-0.2, -0.15) is 5.10 Å². The topological polar surface area (TPSA) is 33.1 Å². The first kappa shape index (κ1) is 16.5. The molecular weight excluding hydrogens is 260 g/mol. The number of hydrogen-bond donors (Lipinski definition) is 1. The smallest absolute Gasteiger partial charge is 0.0676 e. The van der Waals surface area contributed by atoms with Crippen LogP contribution in [-0.2, 0) is 6.54 Å². The van der Waals surface area contributed by atoms with Crippen molar-refractivity contribution in [2.75, 3.05) is 21.1 Å². The fourth-order valence-electron chi connectivity index (χ4n) is 4.17. The second-order valence-electron chi connectivity index (χ2n) is 6.90. The molecule has 21 heavy (non-hydrogen) atoms. The highest BCUT2D eigenvalue weighted by Gasteiger charge is 2.44. The molecule has 1 aromatic heterocycles. The van der Waals surface area contributed by atoms with Gasteiger partial charge in [-0.1, -0.05) is 26.7 Å². The zero-order valence-corrected chi connectivity index (χ0v) is 14.4. The molecule has 0 amide bonds. The minimum absolute atomic E-state index is 0.192. The predicted molar refractivity (Wildman–Crippen MR) is 88.4 cm³/mol. The molecule has 1 heterocycles. The highest BCUT2D eigenvalue weighted by Crippen LogP contribution is 2.43. The van der Waals surface area contributed by atoms with Gasteiger partial charge in [0.05, 0.1) is 11.7 Å². The molecule has 1 saturated carbocycles. The molecule has 4 nitrogen and oxygen atoms in total. The highest BCUT2D eigenvalue weighted by atomic mass is 15.3. The maximum absolute atomic E-state index is 4.54. The number of nitrogens with zero attached hydrogens (tertiary/aromatic N) is 3. The average Bonchev–Trinajstić information content (AvgIpc) is 2.88. The maximum Gasteiger partial charge on any atom is 0.0676 e. The van der Waals surface area contributed by atoms with E-state index in [1.807, 2.05) is 6.20 Å². The Balaban J connectivity index is 2.38. The Bertz CT molecular complexity index is 440. The van der Waals surface area contributed by atoms with E-state index in [0.29, 0.717) is 6.04 Å². The summed E-state index contributed by atoms with van der Waals surface area (Å²) in [5.74, 6) is 0.791. The minimum atomic E-state index is 0.192. The summed E-state index contributed by atoms with van der Waals surface area (Å²) in [6, 6.07) is 2.53. The number of aryl methyl sites for hydroxylation is 1. The Morgan fingerprint density at radius 1 is 1.52 bits per heavy atom. The Labute approximate surface area is 129 Å². The monoisotopic (exact) mass is 292 g/mol. The lowest BCUT2D eigenvalue weighted by atomic mass is 9.70. The summed E-state index contributed by atoms with van der Waals surface area (Å²) in [4.78, 5) is 2.45. The van der Waals surface area contributed by atoms with Crippen LogP contribution in [0.5, 0.6) is 0 Å². The van der Waals surface area contributed by atoms with Crippen molar-refractivity contribution in [3.63, 3.8) is 0 Å². The van der Waals surface area contributed by atoms with E-state index in [4.69, 9.17) is 0 Å². The predicted octanol–water partition coefficient (Wildman–Crippen LogP) is 3.06. The number of aromatic nitrogens is 2. The van der Waals surface area contributed by atoms with Crippen molar-refractivity contribution >= 4 is 0 Å². The van der Waals surface area contributed by atoms with E-state index in [1.165, 1.54) is 31.4 Å². The first-order valence-electron chi connectivity index (χ1n) is 8.41. The molecule has 120 valence electrons. The molecule has 0 aromatic carbocycles. The molecule has 0 radical (unpaired) electrons. The molecule has 3 atom stereocenters. The van der Waals surface area contributed by atoms with Crippen molar-refractivity contribution in [1.82, 2.24) is 20.0 Å². The fraction of sp³-hybridized carbons (Fsp3) is 0.824. The van der Waals surface area contributed by atoms with Crippen molar-refractivity contribution in [1.29, 1.82) is 0 Å². The molecule has 0 aliphatic heterocycles. The van der Waals surface area contributed by atoms with Crippen LogP contribution in [0.15, 0.2) is 12.3 Å². The molecule has 3 unspecified atom stereocenters. The number of nitrogens with one attached hydrogen (secondary N) is 1. The molecule has 1 aliphatic rings. The summed E-state index contributed by atoms with van der Waals surface area (Å²) in [7, 11) is 6.57. The minimum Gasteiger partial charge on any atom is -0.310 e. The molecule has 0 bridgehead atoms. The van der Waals surface area contributed by atoms with Crippen LogP contribution in [0.4, 0.5) is 0 Å². The zero-order chi connectivity index (χ0) is 15.5. The zero-order valence-electron chi connectivity index (χ0n) is 14.4. The average molecular weight is 292 g/mol. The third kappa shape index (κ3) is 3.16. The molecule has 1 aromatic rings. The van der Waals surface area contributed by atoms with Gasteiger partial charge in [0, 0.05) is 18.3 Å². The van der Waals surface area contributed by atoms with E-state index < -0.39 is 0 Å². The molecule has 0 saturated heterocycles. The summed E-state index contributed by atoms with van der Waals surface area (Å²) in [5.41, 5.74) is 1.53. The largest absolute Gasteiger partial charge is 0.310 e. The summed E-state index contributed by atoms with van der Waals surface area (Å²) in [6.07, 6.45) is 8.26. The molecule has 2 rings (SSSR count). The first-order chi connectivity index (χ1) is 10.0. The van der Waals surface area contributed by atoms with E-state index in [-0.39, 0.29) is 5.54 Å². The third-order valence-corrected chi connectivity index (χ3v) is 5.21. The van der Waals surface area contributed by atoms with Crippen LogP contribution in [0, 0.1) is 5.92 Å². The van der Waals surface area contributed by atoms with Crippen molar-refractivity contribution in [3.8, 4) is 0 Å². The first-order valence-corrected chi connectivity index (χ1v) is 8.41. The normalized spacial score (nSPS) is 28.0. The van der Waals surface area contributed by atoms with Crippen LogP contribution in [0.2, 0.25) is 0 Å². The summed E-state index contributed by atoms with van der Waals surface area (Å²) < 4.78 is 2.19. The lowest BCUT2D eigenvalue weighted by Gasteiger charge is -2.50. The molecule has 1 fully saturated rings. The van der Waals surface area contributed by atoms with Crippen LogP contribution in [0.25, 0.3) is 0 Å². The molecule has 4 heteroatoms. The van der Waals surface area contributed by atoms with E-state index >= 15 is 0 Å². The Morgan fingerprint density at radius 3 is 2.86 bits per heavy atom. The number of rotatable bonds is 6. The van der Waals surface area contributed by atoms with E-state index in [2.05, 4.69) is 61.1 Å². The molecular formula is C17H32N4. The van der Waals surface area contributed by atoms with Gasteiger partial charge in [0.2, 0.25) is 0 Å². The van der Waals surface area contributed by atoms with Crippen LogP contribution >= 0.6 is 0 Å². The van der Waals surface area contributed by atoms with Gasteiger partial charge >= 0.3 is 0 Å². The number of hydrogen-bond acceptors (Lipinski definition) is 3. The van der Waals surface area contributed by atoms with E-state index in [1.54, 1.807) is 0 Å². The number of likely N-dealkylation sites (N-methyl/N-ethyl adjacent to an activating group) is 2. The van der Waals surface area contributed by atoms with Gasteiger partial charge in [-0.05, 0) is 52.4 Å². The Morgan fingerprint density at radius 2 is 2.29 bits per heavy atom. The van der Waals surface area contributed by atoms with Crippen molar-refractivity contribution in [2.45, 2.75) is 64.1 Å². The molecule has 1 N–H and O–H groups in total. The standard InChI is InChI=1S/C17H32N4/c1-6-12-21-15(9-11-19-21)16(18-3)17(20(4)5)10-7-8-14(2)13-17/h9,11,14,16,18H,6-8,10,12-13H2,1-5H3. The van der Waals surface area contributed by atoms with Gasteiger partial charge in [-0.15, -0.1) is 0 Å². The van der Waals surface area contributed by atoms with Crippen LogP contribution in [0.3, 0.4) is 0 Å². The van der Waals surface area contributed by atoms with Crippen molar-refractivity contribution in [3.05, 3.63) is 18.0 Å². The summed E-state index contributed by atoms with van der Waals surface area (Å²) in [5, 5.41) is 8.15. The van der Waals surface area contributed by atoms with Crippen molar-refractivity contribution < 1.29 is 0 Å². The fourth-order valence-corrected chi connectivity index (χ4v) is 4.17. The van der Waals surface area contributed by atoms with Crippen molar-refractivity contribution in [2.24, 2.45) is 5.92 Å².